The van der Waals surface area contributed by atoms with Gasteiger partial charge in [-0.2, -0.15) is 0 Å². The first-order valence-corrected chi connectivity index (χ1v) is 2.57. The first kappa shape index (κ1) is 9.84. The lowest BCUT2D eigenvalue weighted by Crippen LogP contribution is -1.91. The lowest BCUT2D eigenvalue weighted by atomic mass is 10.9. The van der Waals surface area contributed by atoms with Crippen LogP contribution in [0.4, 0.5) is 0 Å². The minimum absolute atomic E-state index is 0. The van der Waals surface area contributed by atoms with Crippen LogP contribution in [0.2, 0.25) is 0 Å². The van der Waals surface area contributed by atoms with Crippen molar-refractivity contribution in [1.82, 2.24) is 0 Å². The van der Waals surface area contributed by atoms with Crippen LogP contribution in [0.5, 0.6) is 0 Å². The largest absolute Gasteiger partial charge is 0.481 e. The zero-order valence-electron chi connectivity index (χ0n) is 2.85. The number of carboxylic acids is 1. The molecule has 0 amide bonds. The molecule has 0 aromatic heterocycles. The molecule has 0 unspecified atom stereocenters. The van der Waals surface area contributed by atoms with E-state index < -0.39 is 5.97 Å². The number of halogens is 2. The fraction of sp³-hybridized carbons (Fsp3) is 0.500. The summed E-state index contributed by atoms with van der Waals surface area (Å²) in [5.41, 5.74) is 0. The number of carbonyl (C=O) groups is 1. The Morgan fingerprint density at radius 3 is 2.00 bits per heavy atom. The highest BCUT2D eigenvalue weighted by Gasteiger charge is 1.82. The second-order valence-electron chi connectivity index (χ2n) is 0.527. The number of rotatable bonds is 1. The van der Waals surface area contributed by atoms with E-state index in [2.05, 4.69) is 0 Å². The second kappa shape index (κ2) is 5.68. The fourth-order valence-electron chi connectivity index (χ4n) is 0. The first-order chi connectivity index (χ1) is 2.27. The molecule has 0 bridgehead atoms. The van der Waals surface area contributed by atoms with E-state index >= 15 is 0 Å². The number of hydrogen-bond donors (Lipinski definition) is 1. The van der Waals surface area contributed by atoms with Gasteiger partial charge in [-0.05, 0) is 0 Å². The van der Waals surface area contributed by atoms with E-state index in [1.54, 1.807) is 22.6 Å². The molecule has 0 saturated carbocycles. The quantitative estimate of drug-likeness (QED) is 0.570. The highest BCUT2D eigenvalue weighted by molar-refractivity contribution is 14.1. The van der Waals surface area contributed by atoms with Crippen LogP contribution >= 0.6 is 39.6 Å². The Balaban J connectivity index is 0. The second-order valence-corrected chi connectivity index (χ2v) is 1.29. The summed E-state index contributed by atoms with van der Waals surface area (Å²) in [6.45, 7) is 0. The zero-order valence-corrected chi connectivity index (χ0v) is 6.72. The zero-order chi connectivity index (χ0) is 4.28. The molecule has 0 aliphatic carbocycles. The predicted molar refractivity (Wildman–Crippen MR) is 36.8 cm³/mol. The Morgan fingerprint density at radius 1 is 1.83 bits per heavy atom. The molecule has 1 N–H and O–H groups in total. The third-order valence-electron chi connectivity index (χ3n) is 0.114. The highest BCUT2D eigenvalue weighted by atomic mass is 127. The molecule has 0 aliphatic rings. The molecule has 0 radical (unpaired) electrons. The molecule has 38 valence electrons. The van der Waals surface area contributed by atoms with E-state index in [0.29, 0.717) is 0 Å². The van der Waals surface area contributed by atoms with Crippen molar-refractivity contribution < 1.29 is 9.90 Å². The van der Waals surface area contributed by atoms with Gasteiger partial charge >= 0.3 is 5.97 Å². The molecule has 0 saturated heterocycles. The summed E-state index contributed by atoms with van der Waals surface area (Å²) in [5, 5.41) is 7.71. The molecule has 4 heteroatoms. The molecule has 0 atom stereocenters. The molecule has 0 heterocycles. The normalized spacial score (nSPS) is 6.17. The van der Waals surface area contributed by atoms with Crippen LogP contribution in [0.3, 0.4) is 0 Å². The van der Waals surface area contributed by atoms with Crippen molar-refractivity contribution in [2.45, 2.75) is 0 Å². The van der Waals surface area contributed by atoms with E-state index in [-0.39, 0.29) is 21.4 Å². The molecule has 0 aromatic rings. The number of hydrogen-bond acceptors (Lipinski definition) is 1. The lowest BCUT2D eigenvalue weighted by molar-refractivity contribution is -0.133. The summed E-state index contributed by atoms with van der Waals surface area (Å²) in [5.74, 6) is -0.759. The minimum Gasteiger partial charge on any atom is -0.481 e. The molecular formula is C2H4BrIO2. The maximum Gasteiger partial charge on any atom is 0.313 e. The smallest absolute Gasteiger partial charge is 0.313 e. The van der Waals surface area contributed by atoms with Gasteiger partial charge in [0.1, 0.15) is 0 Å². The van der Waals surface area contributed by atoms with Gasteiger partial charge in [0, 0.05) is 0 Å². The van der Waals surface area contributed by atoms with Gasteiger partial charge in [0.15, 0.2) is 0 Å². The van der Waals surface area contributed by atoms with Gasteiger partial charge in [0.25, 0.3) is 0 Å². The van der Waals surface area contributed by atoms with E-state index in [4.69, 9.17) is 5.11 Å². The van der Waals surface area contributed by atoms with E-state index in [1.807, 2.05) is 0 Å². The van der Waals surface area contributed by atoms with Gasteiger partial charge in [-0.3, -0.25) is 4.79 Å². The van der Waals surface area contributed by atoms with Gasteiger partial charge in [-0.15, -0.1) is 17.0 Å². The maximum atomic E-state index is 9.36. The standard InChI is InChI=1S/C2H3IO2.BrH/c3-1-2(4)5;/h1H2,(H,4,5);1H. The molecule has 6 heavy (non-hydrogen) atoms. The average Bonchev–Trinajstić information content (AvgIpc) is 1.38. The molecule has 0 aliphatic heterocycles. The molecule has 0 aromatic carbocycles. The number of carboxylic acid groups (broad SMARTS) is 1. The average molecular weight is 267 g/mol. The van der Waals surface area contributed by atoms with Crippen LogP contribution in [-0.4, -0.2) is 15.5 Å². The van der Waals surface area contributed by atoms with Crippen LogP contribution in [0.15, 0.2) is 0 Å². The summed E-state index contributed by atoms with van der Waals surface area (Å²) in [7, 11) is 0. The topological polar surface area (TPSA) is 37.3 Å². The Kier molecular flexibility index (Phi) is 9.31. The summed E-state index contributed by atoms with van der Waals surface area (Å²) in [4.78, 5) is 9.36. The van der Waals surface area contributed by atoms with Crippen molar-refractivity contribution in [3.8, 4) is 0 Å². The van der Waals surface area contributed by atoms with Crippen LogP contribution < -0.4 is 0 Å². The van der Waals surface area contributed by atoms with E-state index in [1.165, 1.54) is 0 Å². The molecule has 0 rings (SSSR count). The SMILES string of the molecule is Br.O=C(O)CI. The van der Waals surface area contributed by atoms with Gasteiger partial charge < -0.3 is 5.11 Å². The summed E-state index contributed by atoms with van der Waals surface area (Å²) >= 11 is 1.78. The summed E-state index contributed by atoms with van der Waals surface area (Å²) in [6.07, 6.45) is 0. The van der Waals surface area contributed by atoms with Crippen molar-refractivity contribution in [1.29, 1.82) is 0 Å². The Bertz CT molecular complexity index is 46.8. The molecule has 0 fully saturated rings. The van der Waals surface area contributed by atoms with Crippen LogP contribution in [0.1, 0.15) is 0 Å². The Labute approximate surface area is 59.8 Å². The minimum atomic E-state index is -0.759. The lowest BCUT2D eigenvalue weighted by Gasteiger charge is -1.70. The summed E-state index contributed by atoms with van der Waals surface area (Å²) in [6, 6.07) is 0. The van der Waals surface area contributed by atoms with Crippen molar-refractivity contribution in [3.63, 3.8) is 0 Å². The van der Waals surface area contributed by atoms with Crippen LogP contribution in [0, 0.1) is 0 Å². The number of alkyl halides is 1. The van der Waals surface area contributed by atoms with Crippen molar-refractivity contribution in [2.75, 3.05) is 4.43 Å². The van der Waals surface area contributed by atoms with E-state index in [9.17, 15) is 4.79 Å². The predicted octanol–water partition coefficient (Wildman–Crippen LogP) is 1.08. The molecular weight excluding hydrogens is 263 g/mol. The Hall–Kier alpha value is 0.680. The fourth-order valence-corrected chi connectivity index (χ4v) is 0. The molecule has 2 nitrogen and oxygen atoms in total. The van der Waals surface area contributed by atoms with Crippen LogP contribution in [0.25, 0.3) is 0 Å². The summed E-state index contributed by atoms with van der Waals surface area (Å²) < 4.78 is 0.192. The highest BCUT2D eigenvalue weighted by Crippen LogP contribution is 1.75. The van der Waals surface area contributed by atoms with Gasteiger partial charge in [-0.25, -0.2) is 0 Å². The molecule has 0 spiro atoms. The monoisotopic (exact) mass is 266 g/mol. The van der Waals surface area contributed by atoms with Gasteiger partial charge in [-0.1, -0.05) is 22.6 Å². The van der Waals surface area contributed by atoms with Gasteiger partial charge in [0.2, 0.25) is 0 Å². The van der Waals surface area contributed by atoms with Gasteiger partial charge in [0.05, 0.1) is 4.43 Å². The van der Waals surface area contributed by atoms with Crippen LogP contribution in [-0.2, 0) is 4.79 Å². The van der Waals surface area contributed by atoms with Crippen molar-refractivity contribution in [2.24, 2.45) is 0 Å². The third kappa shape index (κ3) is 8.82. The van der Waals surface area contributed by atoms with E-state index in [0.717, 1.165) is 0 Å². The van der Waals surface area contributed by atoms with Crippen molar-refractivity contribution in [3.05, 3.63) is 0 Å². The Morgan fingerprint density at radius 2 is 2.00 bits per heavy atom. The number of aliphatic carboxylic acids is 1. The third-order valence-corrected chi connectivity index (χ3v) is 0.767. The first-order valence-electron chi connectivity index (χ1n) is 1.05. The van der Waals surface area contributed by atoms with Crippen molar-refractivity contribution >= 4 is 45.5 Å². The maximum absolute atomic E-state index is 9.36.